The molecule has 0 spiro atoms. The largest absolute Gasteiger partial charge is 0.416 e. The number of alkyl halides is 3. The number of anilines is 1. The van der Waals surface area contributed by atoms with Crippen molar-refractivity contribution in [1.29, 1.82) is 0 Å². The molecule has 1 fully saturated rings. The summed E-state index contributed by atoms with van der Waals surface area (Å²) in [6, 6.07) is 10.8. The van der Waals surface area contributed by atoms with Crippen LogP contribution < -0.4 is 4.90 Å². The summed E-state index contributed by atoms with van der Waals surface area (Å²) in [5.74, 6) is -0.748. The number of rotatable bonds is 4. The first kappa shape index (κ1) is 22.0. The Hall–Kier alpha value is -2.69. The molecule has 0 radical (unpaired) electrons. The van der Waals surface area contributed by atoms with E-state index in [1.54, 1.807) is 30.3 Å². The van der Waals surface area contributed by atoms with Crippen LogP contribution in [-0.4, -0.2) is 35.4 Å². The number of thioether (sulfide) groups is 1. The highest BCUT2D eigenvalue weighted by Gasteiger charge is 2.35. The quantitative estimate of drug-likeness (QED) is 0.381. The second kappa shape index (κ2) is 8.58. The summed E-state index contributed by atoms with van der Waals surface area (Å²) in [6.45, 7) is 0. The van der Waals surface area contributed by atoms with E-state index in [2.05, 4.69) is 0 Å². The molecule has 156 valence electrons. The normalized spacial score (nSPS) is 15.8. The highest BCUT2D eigenvalue weighted by molar-refractivity contribution is 8.27. The first-order valence-electron chi connectivity index (χ1n) is 8.49. The van der Waals surface area contributed by atoms with Gasteiger partial charge in [-0.1, -0.05) is 36.1 Å². The molecule has 30 heavy (non-hydrogen) atoms. The Morgan fingerprint density at radius 3 is 2.27 bits per heavy atom. The lowest BCUT2D eigenvalue weighted by Gasteiger charge is -2.15. The van der Waals surface area contributed by atoms with E-state index in [1.165, 1.54) is 31.2 Å². The fraction of sp³-hybridized carbons (Fsp3) is 0.150. The second-order valence-corrected chi connectivity index (χ2v) is 7.84. The van der Waals surface area contributed by atoms with Gasteiger partial charge in [0, 0.05) is 12.6 Å². The van der Waals surface area contributed by atoms with Gasteiger partial charge < -0.3 is 0 Å². The Balaban J connectivity index is 1.80. The zero-order chi connectivity index (χ0) is 22.1. The van der Waals surface area contributed by atoms with Gasteiger partial charge in [0.15, 0.2) is 4.32 Å². The van der Waals surface area contributed by atoms with E-state index in [9.17, 15) is 22.8 Å². The van der Waals surface area contributed by atoms with Gasteiger partial charge >= 0.3 is 6.18 Å². The molecule has 1 aliphatic heterocycles. The zero-order valence-electron chi connectivity index (χ0n) is 15.8. The summed E-state index contributed by atoms with van der Waals surface area (Å²) < 4.78 is 38.5. The fourth-order valence-corrected chi connectivity index (χ4v) is 3.93. The van der Waals surface area contributed by atoms with Crippen molar-refractivity contribution in [3.8, 4) is 0 Å². The Kier molecular flexibility index (Phi) is 6.30. The van der Waals surface area contributed by atoms with Crippen LogP contribution in [0, 0.1) is 0 Å². The molecule has 10 heteroatoms. The van der Waals surface area contributed by atoms with Gasteiger partial charge in [0.05, 0.1) is 23.3 Å². The van der Waals surface area contributed by atoms with E-state index in [4.69, 9.17) is 17.1 Å². The molecule has 0 aromatic heterocycles. The van der Waals surface area contributed by atoms with Gasteiger partial charge in [0.25, 0.3) is 11.8 Å². The SMILES string of the molecule is CON(C)C(=O)c1ccc(/C=C2\SC(=S)N(c3ccc(C(F)(F)F)cc3)C2=O)cc1. The van der Waals surface area contributed by atoms with Crippen LogP contribution in [0.5, 0.6) is 0 Å². The lowest BCUT2D eigenvalue weighted by atomic mass is 10.1. The van der Waals surface area contributed by atoms with Crippen LogP contribution in [0.1, 0.15) is 21.5 Å². The van der Waals surface area contributed by atoms with E-state index < -0.39 is 17.6 Å². The van der Waals surface area contributed by atoms with Crippen molar-refractivity contribution in [2.45, 2.75) is 6.18 Å². The molecule has 0 aliphatic carbocycles. The molecule has 0 unspecified atom stereocenters. The van der Waals surface area contributed by atoms with E-state index in [0.717, 1.165) is 29.0 Å². The van der Waals surface area contributed by atoms with Crippen molar-refractivity contribution in [3.63, 3.8) is 0 Å². The molecule has 1 heterocycles. The van der Waals surface area contributed by atoms with Crippen LogP contribution in [0.4, 0.5) is 18.9 Å². The van der Waals surface area contributed by atoms with Gasteiger partial charge in [-0.3, -0.25) is 19.3 Å². The molecule has 3 rings (SSSR count). The minimum Gasteiger partial charge on any atom is -0.274 e. The van der Waals surface area contributed by atoms with E-state index >= 15 is 0 Å². The van der Waals surface area contributed by atoms with Gasteiger partial charge in [0.1, 0.15) is 0 Å². The van der Waals surface area contributed by atoms with Crippen LogP contribution >= 0.6 is 24.0 Å². The standard InChI is InChI=1S/C20H15F3N2O3S2/c1-24(28-2)17(26)13-5-3-12(4-6-13)11-16-18(27)25(19(29)30-16)15-9-7-14(8-10-15)20(21,22)23/h3-11H,1-2H3/b16-11-. The summed E-state index contributed by atoms with van der Waals surface area (Å²) in [5.41, 5.74) is 0.534. The van der Waals surface area contributed by atoms with Crippen LogP contribution in [0.25, 0.3) is 6.08 Å². The highest BCUT2D eigenvalue weighted by atomic mass is 32.2. The third kappa shape index (κ3) is 4.55. The average molecular weight is 452 g/mol. The Morgan fingerprint density at radius 1 is 1.13 bits per heavy atom. The maximum Gasteiger partial charge on any atom is 0.416 e. The number of benzene rings is 2. The highest BCUT2D eigenvalue weighted by Crippen LogP contribution is 2.37. The topological polar surface area (TPSA) is 49.9 Å². The molecule has 0 saturated carbocycles. The third-order valence-electron chi connectivity index (χ3n) is 4.26. The van der Waals surface area contributed by atoms with Gasteiger partial charge in [-0.25, -0.2) is 5.06 Å². The van der Waals surface area contributed by atoms with Crippen LogP contribution in [0.2, 0.25) is 0 Å². The lowest BCUT2D eigenvalue weighted by molar-refractivity contribution is -0.137. The van der Waals surface area contributed by atoms with Gasteiger partial charge in [-0.2, -0.15) is 13.2 Å². The lowest BCUT2D eigenvalue weighted by Crippen LogP contribution is -2.27. The molecule has 1 aliphatic rings. The number of thiocarbonyl (C=S) groups is 1. The number of nitrogens with zero attached hydrogens (tertiary/aromatic N) is 2. The number of hydroxylamine groups is 2. The van der Waals surface area contributed by atoms with Crippen LogP contribution in [0.15, 0.2) is 53.4 Å². The third-order valence-corrected chi connectivity index (χ3v) is 5.56. The molecule has 1 saturated heterocycles. The summed E-state index contributed by atoms with van der Waals surface area (Å²) in [4.78, 5) is 31.2. The predicted octanol–water partition coefficient (Wildman–Crippen LogP) is 4.74. The van der Waals surface area contributed by atoms with Crippen LogP contribution in [-0.2, 0) is 15.8 Å². The maximum atomic E-state index is 12.8. The van der Waals surface area contributed by atoms with Crippen LogP contribution in [0.3, 0.4) is 0 Å². The van der Waals surface area contributed by atoms with Crippen molar-refractivity contribution < 1.29 is 27.6 Å². The first-order valence-corrected chi connectivity index (χ1v) is 9.71. The van der Waals surface area contributed by atoms with E-state index in [-0.39, 0.29) is 15.9 Å². The number of hydrogen-bond donors (Lipinski definition) is 0. The fourth-order valence-electron chi connectivity index (χ4n) is 2.63. The summed E-state index contributed by atoms with van der Waals surface area (Å²) in [7, 11) is 2.87. The van der Waals surface area contributed by atoms with Crippen molar-refractivity contribution in [3.05, 3.63) is 70.1 Å². The number of carbonyl (C=O) groups is 2. The second-order valence-electron chi connectivity index (χ2n) is 6.17. The minimum atomic E-state index is -4.46. The maximum absolute atomic E-state index is 12.8. The molecule has 0 N–H and O–H groups in total. The number of carbonyl (C=O) groups excluding carboxylic acids is 2. The first-order chi connectivity index (χ1) is 14.1. The molecule has 0 atom stereocenters. The van der Waals surface area contributed by atoms with Crippen molar-refractivity contribution in [2.24, 2.45) is 0 Å². The molecule has 2 aromatic rings. The Labute approximate surface area is 180 Å². The average Bonchev–Trinajstić information content (AvgIpc) is 2.99. The van der Waals surface area contributed by atoms with Gasteiger partial charge in [0.2, 0.25) is 0 Å². The molecule has 0 bridgehead atoms. The van der Waals surface area contributed by atoms with Crippen molar-refractivity contribution in [1.82, 2.24) is 5.06 Å². The molecule has 2 aromatic carbocycles. The van der Waals surface area contributed by atoms with Gasteiger partial charge in [-0.15, -0.1) is 0 Å². The van der Waals surface area contributed by atoms with E-state index in [1.807, 2.05) is 0 Å². The Morgan fingerprint density at radius 2 is 1.73 bits per heavy atom. The zero-order valence-corrected chi connectivity index (χ0v) is 17.4. The molecular weight excluding hydrogens is 437 g/mol. The van der Waals surface area contributed by atoms with Gasteiger partial charge in [-0.05, 0) is 48.0 Å². The van der Waals surface area contributed by atoms with E-state index in [0.29, 0.717) is 16.0 Å². The Bertz CT molecular complexity index is 1020. The summed E-state index contributed by atoms with van der Waals surface area (Å²) >= 11 is 6.29. The summed E-state index contributed by atoms with van der Waals surface area (Å²) in [5, 5.41) is 1.09. The molecule has 2 amide bonds. The molecule has 5 nitrogen and oxygen atoms in total. The number of hydrogen-bond acceptors (Lipinski definition) is 5. The minimum absolute atomic E-state index is 0.222. The smallest absolute Gasteiger partial charge is 0.274 e. The number of amides is 2. The molecular formula is C20H15F3N2O3S2. The van der Waals surface area contributed by atoms with Crippen molar-refractivity contribution >= 4 is 51.9 Å². The van der Waals surface area contributed by atoms with Crippen molar-refractivity contribution in [2.75, 3.05) is 19.1 Å². The monoisotopic (exact) mass is 452 g/mol. The summed E-state index contributed by atoms with van der Waals surface area (Å²) in [6.07, 6.45) is -2.85. The predicted molar refractivity (Wildman–Crippen MR) is 113 cm³/mol. The number of halogens is 3.